The zero-order chi connectivity index (χ0) is 29.1. The Bertz CT molecular complexity index is 1810. The number of hydrogen-bond donors (Lipinski definition) is 3. The minimum absolute atomic E-state index is 0.288. The molecule has 0 radical (unpaired) electrons. The monoisotopic (exact) mass is 598 g/mol. The van der Waals surface area contributed by atoms with Crippen molar-refractivity contribution in [1.29, 1.82) is 0 Å². The zero-order valence-corrected chi connectivity index (χ0v) is 23.5. The molecular formula is C30H24Cl2N8O2. The summed E-state index contributed by atoms with van der Waals surface area (Å²) in [7, 11) is 0. The van der Waals surface area contributed by atoms with Gasteiger partial charge in [-0.25, -0.2) is 9.97 Å². The van der Waals surface area contributed by atoms with Gasteiger partial charge in [0.05, 0.1) is 30.2 Å². The van der Waals surface area contributed by atoms with E-state index in [4.69, 9.17) is 23.2 Å². The Morgan fingerprint density at radius 2 is 1.79 bits per heavy atom. The van der Waals surface area contributed by atoms with Crippen molar-refractivity contribution in [2.45, 2.75) is 12.5 Å². The topological polar surface area (TPSA) is 109 Å². The molecule has 42 heavy (non-hydrogen) atoms. The number of hydrazine groups is 2. The quantitative estimate of drug-likeness (QED) is 0.215. The lowest BCUT2D eigenvalue weighted by Gasteiger charge is -2.21. The van der Waals surface area contributed by atoms with E-state index in [1.54, 1.807) is 54.1 Å². The number of hydrogen-bond acceptors (Lipinski definition) is 7. The highest BCUT2D eigenvalue weighted by molar-refractivity contribution is 6.31. The highest BCUT2D eigenvalue weighted by Crippen LogP contribution is 2.32. The molecule has 2 aromatic heterocycles. The van der Waals surface area contributed by atoms with Crippen molar-refractivity contribution < 1.29 is 4.79 Å². The standard InChI is InChI=1S/C30H24Cl2N8O2/c31-21-6-11-26(40-17-28(32)36-37-40)24(15-21)25-16-29(41)39(19-34-25)27(14-20-4-2-1-3-5-20)30(42)35-22-7-9-23(10-8-22)38-13-12-33-18-38/h1-13,15-19,27,36-37H,14H2,(H,35,42)/t27-/m0/s1. The fraction of sp³-hybridized carbons (Fsp3) is 0.0667. The first-order valence-electron chi connectivity index (χ1n) is 12.9. The molecule has 10 nitrogen and oxygen atoms in total. The number of halogens is 2. The molecule has 0 saturated heterocycles. The van der Waals surface area contributed by atoms with Crippen LogP contribution < -0.4 is 26.8 Å². The van der Waals surface area contributed by atoms with Crippen LogP contribution in [0.5, 0.6) is 0 Å². The van der Waals surface area contributed by atoms with Crippen molar-refractivity contribution in [2.75, 3.05) is 10.3 Å². The second-order valence-electron chi connectivity index (χ2n) is 9.48. The van der Waals surface area contributed by atoms with Gasteiger partial charge >= 0.3 is 0 Å². The molecule has 0 aliphatic carbocycles. The molecule has 5 aromatic rings. The van der Waals surface area contributed by atoms with Crippen molar-refractivity contribution in [3.05, 3.63) is 136 Å². The summed E-state index contributed by atoms with van der Waals surface area (Å²) in [6, 6.07) is 22.7. The number of imidazole rings is 1. The first-order valence-corrected chi connectivity index (χ1v) is 13.7. The predicted octanol–water partition coefficient (Wildman–Crippen LogP) is 5.04. The minimum atomic E-state index is -0.861. The molecule has 6 rings (SSSR count). The maximum absolute atomic E-state index is 13.7. The molecule has 0 unspecified atom stereocenters. The Balaban J connectivity index is 1.32. The summed E-state index contributed by atoms with van der Waals surface area (Å²) in [6.45, 7) is 0. The van der Waals surface area contributed by atoms with E-state index in [9.17, 15) is 9.59 Å². The molecule has 0 saturated carbocycles. The van der Waals surface area contributed by atoms with Crippen LogP contribution in [-0.2, 0) is 11.2 Å². The SMILES string of the molecule is O=C(Nc1ccc(-n2ccnc2)cc1)[C@H](Cc1ccccc1)n1cnc(-c2cc(Cl)ccc2N2C=C(Cl)NN2)cc1=O. The van der Waals surface area contributed by atoms with E-state index < -0.39 is 11.6 Å². The average Bonchev–Trinajstić information content (AvgIpc) is 3.69. The lowest BCUT2D eigenvalue weighted by Crippen LogP contribution is -2.36. The van der Waals surface area contributed by atoms with Gasteiger partial charge in [-0.05, 0) is 48.0 Å². The average molecular weight is 599 g/mol. The van der Waals surface area contributed by atoms with Crippen LogP contribution in [0, 0.1) is 0 Å². The summed E-state index contributed by atoms with van der Waals surface area (Å²) in [4.78, 5) is 35.9. The van der Waals surface area contributed by atoms with Gasteiger partial charge in [0.1, 0.15) is 11.2 Å². The second-order valence-corrected chi connectivity index (χ2v) is 10.3. The van der Waals surface area contributed by atoms with Gasteiger partial charge in [-0.1, -0.05) is 53.5 Å². The number of carbonyl (C=O) groups is 1. The second kappa shape index (κ2) is 11.9. The molecule has 1 atom stereocenters. The summed E-state index contributed by atoms with van der Waals surface area (Å²) in [5.41, 5.74) is 9.39. The summed E-state index contributed by atoms with van der Waals surface area (Å²) in [5.74, 6) is -0.346. The summed E-state index contributed by atoms with van der Waals surface area (Å²) >= 11 is 12.4. The van der Waals surface area contributed by atoms with Crippen LogP contribution >= 0.6 is 23.2 Å². The van der Waals surface area contributed by atoms with Crippen LogP contribution in [0.4, 0.5) is 11.4 Å². The summed E-state index contributed by atoms with van der Waals surface area (Å²) < 4.78 is 3.21. The molecule has 210 valence electrons. The molecular weight excluding hydrogens is 575 g/mol. The Kier molecular flexibility index (Phi) is 7.74. The first-order chi connectivity index (χ1) is 20.4. The molecule has 0 spiro atoms. The van der Waals surface area contributed by atoms with Crippen LogP contribution in [0.2, 0.25) is 5.02 Å². The number of carbonyl (C=O) groups excluding carboxylic acids is 1. The molecule has 1 amide bonds. The van der Waals surface area contributed by atoms with Crippen molar-refractivity contribution in [3.63, 3.8) is 0 Å². The molecule has 12 heteroatoms. The Morgan fingerprint density at radius 1 is 0.976 bits per heavy atom. The van der Waals surface area contributed by atoms with Gasteiger partial charge in [-0.2, -0.15) is 0 Å². The van der Waals surface area contributed by atoms with Gasteiger partial charge in [0, 0.05) is 46.8 Å². The number of nitrogens with zero attached hydrogens (tertiary/aromatic N) is 5. The maximum Gasteiger partial charge on any atom is 0.254 e. The highest BCUT2D eigenvalue weighted by atomic mass is 35.5. The summed E-state index contributed by atoms with van der Waals surface area (Å²) in [6.07, 6.45) is 8.57. The Hall–Kier alpha value is -4.90. The van der Waals surface area contributed by atoms with E-state index in [0.29, 0.717) is 32.8 Å². The molecule has 3 N–H and O–H groups in total. The molecule has 1 aliphatic heterocycles. The van der Waals surface area contributed by atoms with E-state index in [-0.39, 0.29) is 12.3 Å². The number of aromatic nitrogens is 4. The summed E-state index contributed by atoms with van der Waals surface area (Å²) in [5, 5.41) is 5.48. The van der Waals surface area contributed by atoms with E-state index in [2.05, 4.69) is 26.2 Å². The third-order valence-corrected chi connectivity index (χ3v) is 7.14. The van der Waals surface area contributed by atoms with Crippen molar-refractivity contribution >= 4 is 40.5 Å². The lowest BCUT2D eigenvalue weighted by atomic mass is 10.0. The highest BCUT2D eigenvalue weighted by Gasteiger charge is 2.24. The normalized spacial score (nSPS) is 13.4. The zero-order valence-electron chi connectivity index (χ0n) is 22.0. The van der Waals surface area contributed by atoms with Gasteiger partial charge in [0.2, 0.25) is 5.91 Å². The van der Waals surface area contributed by atoms with E-state index in [1.165, 1.54) is 17.0 Å². The molecule has 0 fully saturated rings. The number of anilines is 2. The minimum Gasteiger partial charge on any atom is -0.324 e. The largest absolute Gasteiger partial charge is 0.324 e. The Morgan fingerprint density at radius 3 is 2.48 bits per heavy atom. The van der Waals surface area contributed by atoms with Crippen molar-refractivity contribution in [3.8, 4) is 16.9 Å². The van der Waals surface area contributed by atoms with Crippen LogP contribution in [0.15, 0.2) is 120 Å². The fourth-order valence-corrected chi connectivity index (χ4v) is 4.96. The smallest absolute Gasteiger partial charge is 0.254 e. The third kappa shape index (κ3) is 5.91. The van der Waals surface area contributed by atoms with Gasteiger partial charge < -0.3 is 9.88 Å². The number of nitrogens with one attached hydrogen (secondary N) is 3. The van der Waals surface area contributed by atoms with Crippen LogP contribution in [0.1, 0.15) is 11.6 Å². The van der Waals surface area contributed by atoms with Gasteiger partial charge in [-0.3, -0.25) is 24.6 Å². The van der Waals surface area contributed by atoms with Crippen LogP contribution in [0.25, 0.3) is 16.9 Å². The van der Waals surface area contributed by atoms with E-state index in [0.717, 1.165) is 11.3 Å². The molecule has 3 heterocycles. The Labute approximate surface area is 250 Å². The fourth-order valence-electron chi connectivity index (χ4n) is 4.65. The van der Waals surface area contributed by atoms with E-state index >= 15 is 0 Å². The third-order valence-electron chi connectivity index (χ3n) is 6.72. The van der Waals surface area contributed by atoms with Crippen molar-refractivity contribution in [2.24, 2.45) is 0 Å². The van der Waals surface area contributed by atoms with Crippen LogP contribution in [0.3, 0.4) is 0 Å². The molecule has 3 aromatic carbocycles. The van der Waals surface area contributed by atoms with Gasteiger partial charge in [0.15, 0.2) is 0 Å². The number of rotatable bonds is 8. The maximum atomic E-state index is 13.7. The van der Waals surface area contributed by atoms with Crippen molar-refractivity contribution in [1.82, 2.24) is 30.1 Å². The van der Waals surface area contributed by atoms with Gasteiger partial charge in [-0.15, -0.1) is 5.53 Å². The molecule has 0 bridgehead atoms. The number of benzene rings is 3. The van der Waals surface area contributed by atoms with E-state index in [1.807, 2.05) is 53.2 Å². The predicted molar refractivity (Wildman–Crippen MR) is 163 cm³/mol. The number of amides is 1. The molecule has 1 aliphatic rings. The first kappa shape index (κ1) is 27.3. The van der Waals surface area contributed by atoms with Gasteiger partial charge in [0.25, 0.3) is 5.56 Å². The van der Waals surface area contributed by atoms with Crippen LogP contribution in [-0.4, -0.2) is 25.0 Å². The lowest BCUT2D eigenvalue weighted by molar-refractivity contribution is -0.119.